The predicted molar refractivity (Wildman–Crippen MR) is 74.5 cm³/mol. The zero-order valence-electron chi connectivity index (χ0n) is 10.6. The van der Waals surface area contributed by atoms with Crippen molar-refractivity contribution >= 4 is 11.8 Å². The molecule has 3 rings (SSSR count). The van der Waals surface area contributed by atoms with Gasteiger partial charge in [-0.1, -0.05) is 6.07 Å². The van der Waals surface area contributed by atoms with Gasteiger partial charge in [0.25, 0.3) is 0 Å². The first-order chi connectivity index (χ1) is 8.72. The summed E-state index contributed by atoms with van der Waals surface area (Å²) >= 11 is 2.01. The van der Waals surface area contributed by atoms with Gasteiger partial charge < -0.3 is 15.2 Å². The Hall–Kier alpha value is -0.870. The van der Waals surface area contributed by atoms with Crippen molar-refractivity contribution in [2.24, 2.45) is 5.73 Å². The number of ether oxygens (including phenoxy) is 2. The fourth-order valence-electron chi connectivity index (χ4n) is 2.87. The Morgan fingerprint density at radius 2 is 2.17 bits per heavy atom. The highest BCUT2D eigenvalue weighted by atomic mass is 32.2. The van der Waals surface area contributed by atoms with Gasteiger partial charge in [0.1, 0.15) is 17.1 Å². The van der Waals surface area contributed by atoms with Gasteiger partial charge in [-0.2, -0.15) is 11.8 Å². The van der Waals surface area contributed by atoms with Crippen molar-refractivity contribution in [2.45, 2.75) is 30.9 Å². The Morgan fingerprint density at radius 1 is 1.39 bits per heavy atom. The summed E-state index contributed by atoms with van der Waals surface area (Å²) in [5.74, 6) is 4.10. The molecular weight excluding hydrogens is 246 g/mol. The minimum absolute atomic E-state index is 0.0377. The minimum Gasteiger partial charge on any atom is -0.497 e. The Kier molecular flexibility index (Phi) is 3.16. The van der Waals surface area contributed by atoms with Crippen molar-refractivity contribution in [1.29, 1.82) is 0 Å². The number of hydrogen-bond acceptors (Lipinski definition) is 4. The summed E-state index contributed by atoms with van der Waals surface area (Å²) in [7, 11) is 1.68. The van der Waals surface area contributed by atoms with Gasteiger partial charge in [-0.25, -0.2) is 0 Å². The van der Waals surface area contributed by atoms with E-state index in [1.807, 2.05) is 30.0 Å². The van der Waals surface area contributed by atoms with Crippen LogP contribution in [0.3, 0.4) is 0 Å². The van der Waals surface area contributed by atoms with E-state index in [0.717, 1.165) is 36.3 Å². The first kappa shape index (κ1) is 12.2. The summed E-state index contributed by atoms with van der Waals surface area (Å²) in [6.07, 6.45) is 3.14. The van der Waals surface area contributed by atoms with Gasteiger partial charge in [0.2, 0.25) is 0 Å². The van der Waals surface area contributed by atoms with Crippen LogP contribution in [0.4, 0.5) is 0 Å². The van der Waals surface area contributed by atoms with E-state index in [0.29, 0.717) is 0 Å². The Bertz CT molecular complexity index is 443. The molecule has 1 fully saturated rings. The van der Waals surface area contributed by atoms with Gasteiger partial charge in [-0.05, 0) is 30.4 Å². The average Bonchev–Trinajstić information content (AvgIpc) is 2.38. The largest absolute Gasteiger partial charge is 0.497 e. The smallest absolute Gasteiger partial charge is 0.128 e. The van der Waals surface area contributed by atoms with E-state index >= 15 is 0 Å². The molecule has 1 aromatic rings. The van der Waals surface area contributed by atoms with Crippen LogP contribution in [0.25, 0.3) is 0 Å². The molecule has 0 bridgehead atoms. The molecule has 0 amide bonds. The molecule has 0 saturated carbocycles. The first-order valence-electron chi connectivity index (χ1n) is 6.43. The van der Waals surface area contributed by atoms with E-state index in [1.54, 1.807) is 7.11 Å². The molecule has 4 heteroatoms. The van der Waals surface area contributed by atoms with Crippen LogP contribution < -0.4 is 15.2 Å². The number of nitrogens with two attached hydrogens (primary N) is 1. The second kappa shape index (κ2) is 4.67. The van der Waals surface area contributed by atoms with Crippen molar-refractivity contribution in [1.82, 2.24) is 0 Å². The van der Waals surface area contributed by atoms with Crippen LogP contribution in [0.1, 0.15) is 30.9 Å². The fourth-order valence-corrected chi connectivity index (χ4v) is 4.11. The average molecular weight is 265 g/mol. The maximum Gasteiger partial charge on any atom is 0.128 e. The van der Waals surface area contributed by atoms with Crippen LogP contribution in [0.5, 0.6) is 11.5 Å². The Morgan fingerprint density at radius 3 is 2.89 bits per heavy atom. The third-order valence-electron chi connectivity index (χ3n) is 3.94. The van der Waals surface area contributed by atoms with Gasteiger partial charge in [0, 0.05) is 24.1 Å². The number of hydrogen-bond donors (Lipinski definition) is 1. The predicted octanol–water partition coefficient (Wildman–Crippen LogP) is 2.74. The fraction of sp³-hybridized carbons (Fsp3) is 0.571. The molecule has 0 aliphatic carbocycles. The van der Waals surface area contributed by atoms with Crippen molar-refractivity contribution < 1.29 is 9.47 Å². The normalized spacial score (nSPS) is 25.3. The van der Waals surface area contributed by atoms with Crippen molar-refractivity contribution in [3.63, 3.8) is 0 Å². The van der Waals surface area contributed by atoms with Gasteiger partial charge >= 0.3 is 0 Å². The monoisotopic (exact) mass is 265 g/mol. The lowest BCUT2D eigenvalue weighted by Gasteiger charge is -2.43. The quantitative estimate of drug-likeness (QED) is 0.848. The number of benzene rings is 1. The molecule has 2 N–H and O–H groups in total. The van der Waals surface area contributed by atoms with Crippen LogP contribution in [-0.4, -0.2) is 24.2 Å². The molecule has 0 radical (unpaired) electrons. The van der Waals surface area contributed by atoms with E-state index in [2.05, 4.69) is 0 Å². The summed E-state index contributed by atoms with van der Waals surface area (Å²) in [4.78, 5) is 0. The third-order valence-corrected chi connectivity index (χ3v) is 4.93. The summed E-state index contributed by atoms with van der Waals surface area (Å²) < 4.78 is 11.6. The zero-order chi connectivity index (χ0) is 12.6. The summed E-state index contributed by atoms with van der Waals surface area (Å²) in [5.41, 5.74) is 7.39. The minimum atomic E-state index is -0.0377. The molecule has 1 aromatic carbocycles. The van der Waals surface area contributed by atoms with E-state index in [-0.39, 0.29) is 11.6 Å². The number of methoxy groups -OCH3 is 1. The number of fused-ring (bicyclic) bond motifs is 1. The van der Waals surface area contributed by atoms with Crippen LogP contribution in [0.2, 0.25) is 0 Å². The molecule has 18 heavy (non-hydrogen) atoms. The molecule has 1 spiro atoms. The van der Waals surface area contributed by atoms with Crippen molar-refractivity contribution in [3.05, 3.63) is 23.8 Å². The lowest BCUT2D eigenvalue weighted by Crippen LogP contribution is -2.45. The topological polar surface area (TPSA) is 44.5 Å². The van der Waals surface area contributed by atoms with E-state index < -0.39 is 0 Å². The van der Waals surface area contributed by atoms with Crippen LogP contribution in [0.15, 0.2) is 18.2 Å². The van der Waals surface area contributed by atoms with E-state index in [9.17, 15) is 0 Å². The summed E-state index contributed by atoms with van der Waals surface area (Å²) in [6, 6.07) is 6.04. The molecule has 2 aliphatic heterocycles. The Balaban J connectivity index is 1.94. The molecule has 3 nitrogen and oxygen atoms in total. The van der Waals surface area contributed by atoms with Crippen LogP contribution in [0, 0.1) is 0 Å². The first-order valence-corrected chi connectivity index (χ1v) is 7.58. The lowest BCUT2D eigenvalue weighted by atomic mass is 9.83. The molecule has 0 unspecified atom stereocenters. The third kappa shape index (κ3) is 2.08. The molecule has 2 heterocycles. The summed E-state index contributed by atoms with van der Waals surface area (Å²) in [5, 5.41) is 0. The van der Waals surface area contributed by atoms with Gasteiger partial charge in [-0.3, -0.25) is 0 Å². The van der Waals surface area contributed by atoms with Crippen LogP contribution in [-0.2, 0) is 0 Å². The van der Waals surface area contributed by atoms with Crippen molar-refractivity contribution in [3.8, 4) is 11.5 Å². The van der Waals surface area contributed by atoms with Gasteiger partial charge in [0.15, 0.2) is 0 Å². The lowest BCUT2D eigenvalue weighted by molar-refractivity contribution is 0.0277. The molecule has 1 atom stereocenters. The molecule has 1 saturated heterocycles. The number of rotatable bonds is 1. The number of thioether (sulfide) groups is 1. The highest BCUT2D eigenvalue weighted by molar-refractivity contribution is 7.99. The summed E-state index contributed by atoms with van der Waals surface area (Å²) in [6.45, 7) is 0. The van der Waals surface area contributed by atoms with Gasteiger partial charge in [-0.15, -0.1) is 0 Å². The molecular formula is C14H19NO2S. The highest BCUT2D eigenvalue weighted by Gasteiger charge is 2.40. The SMILES string of the molecule is COc1ccc2c(c1)OC1(CCSCC1)C[C@H]2N. The van der Waals surface area contributed by atoms with E-state index in [1.165, 1.54) is 11.5 Å². The maximum absolute atomic E-state index is 6.32. The molecule has 0 aromatic heterocycles. The second-order valence-corrected chi connectivity index (χ2v) is 6.34. The van der Waals surface area contributed by atoms with E-state index in [4.69, 9.17) is 15.2 Å². The maximum atomic E-state index is 6.32. The van der Waals surface area contributed by atoms with Gasteiger partial charge in [0.05, 0.1) is 7.11 Å². The van der Waals surface area contributed by atoms with Crippen molar-refractivity contribution in [2.75, 3.05) is 18.6 Å². The Labute approximate surface area is 112 Å². The molecule has 98 valence electrons. The second-order valence-electron chi connectivity index (χ2n) is 5.11. The highest BCUT2D eigenvalue weighted by Crippen LogP contribution is 2.45. The zero-order valence-corrected chi connectivity index (χ0v) is 11.5. The molecule has 2 aliphatic rings. The standard InChI is InChI=1S/C14H19NO2S/c1-16-10-2-3-11-12(15)9-14(17-13(11)8-10)4-6-18-7-5-14/h2-3,8,12H,4-7,9,15H2,1H3/t12-/m1/s1. The van der Waals surface area contributed by atoms with Crippen LogP contribution >= 0.6 is 11.8 Å².